The molecule has 0 heterocycles. The van der Waals surface area contributed by atoms with Crippen LogP contribution in [0, 0.1) is 0 Å². The minimum absolute atomic E-state index is 0.191. The Morgan fingerprint density at radius 3 is 2.12 bits per heavy atom. The van der Waals surface area contributed by atoms with Gasteiger partial charge in [0.2, 0.25) is 11.8 Å². The molecule has 0 fully saturated rings. The van der Waals surface area contributed by atoms with E-state index in [4.69, 9.17) is 34.8 Å². The Balaban J connectivity index is 2.15. The van der Waals surface area contributed by atoms with Crippen molar-refractivity contribution in [2.45, 2.75) is 43.9 Å². The molecular formula is C28H27Cl3F3N3O4S. The Bertz CT molecular complexity index is 1520. The fourth-order valence-electron chi connectivity index (χ4n) is 3.95. The average Bonchev–Trinajstić information content (AvgIpc) is 2.94. The predicted molar refractivity (Wildman–Crippen MR) is 157 cm³/mol. The Morgan fingerprint density at radius 2 is 1.55 bits per heavy atom. The highest BCUT2D eigenvalue weighted by Crippen LogP contribution is 2.37. The van der Waals surface area contributed by atoms with Crippen LogP contribution in [0.15, 0.2) is 71.6 Å². The Kier molecular flexibility index (Phi) is 11.2. The topological polar surface area (TPSA) is 86.8 Å². The second kappa shape index (κ2) is 14.0. The van der Waals surface area contributed by atoms with Gasteiger partial charge < -0.3 is 10.2 Å². The van der Waals surface area contributed by atoms with Crippen LogP contribution < -0.4 is 9.62 Å². The van der Waals surface area contributed by atoms with Crippen LogP contribution in [0.25, 0.3) is 0 Å². The molecule has 0 saturated carbocycles. The SMILES string of the molecule is CCCNC(=O)[C@@H](C)N(Cc1c(Cl)cccc1Cl)C(=O)CN(c1cc(C(F)(F)F)ccc1Cl)S(=O)(=O)c1ccccc1. The van der Waals surface area contributed by atoms with Gasteiger partial charge in [-0.25, -0.2) is 8.42 Å². The van der Waals surface area contributed by atoms with E-state index < -0.39 is 51.9 Å². The minimum atomic E-state index is -4.83. The fourth-order valence-corrected chi connectivity index (χ4v) is 6.18. The second-order valence-corrected chi connectivity index (χ2v) is 12.3. The van der Waals surface area contributed by atoms with Crippen LogP contribution in [-0.4, -0.2) is 44.3 Å². The van der Waals surface area contributed by atoms with E-state index in [0.717, 1.165) is 11.0 Å². The number of halogens is 6. The third-order valence-corrected chi connectivity index (χ3v) is 9.06. The third-order valence-electron chi connectivity index (χ3n) is 6.26. The zero-order valence-electron chi connectivity index (χ0n) is 22.5. The van der Waals surface area contributed by atoms with Crippen molar-refractivity contribution < 1.29 is 31.2 Å². The summed E-state index contributed by atoms with van der Waals surface area (Å²) >= 11 is 18.9. The number of sulfonamides is 1. The summed E-state index contributed by atoms with van der Waals surface area (Å²) in [5, 5.41) is 2.72. The Hall–Kier alpha value is -2.99. The first-order chi connectivity index (χ1) is 19.7. The van der Waals surface area contributed by atoms with Crippen LogP contribution in [0.1, 0.15) is 31.4 Å². The lowest BCUT2D eigenvalue weighted by Gasteiger charge is -2.32. The van der Waals surface area contributed by atoms with E-state index in [1.807, 2.05) is 6.92 Å². The summed E-state index contributed by atoms with van der Waals surface area (Å²) in [6.07, 6.45) is -4.22. The van der Waals surface area contributed by atoms with Crippen LogP contribution in [0.3, 0.4) is 0 Å². The van der Waals surface area contributed by atoms with Crippen molar-refractivity contribution in [1.29, 1.82) is 0 Å². The van der Waals surface area contributed by atoms with Crippen LogP contribution >= 0.6 is 34.8 Å². The highest BCUT2D eigenvalue weighted by molar-refractivity contribution is 7.92. The molecule has 1 N–H and O–H groups in total. The average molecular weight is 665 g/mol. The van der Waals surface area contributed by atoms with Crippen molar-refractivity contribution in [2.75, 3.05) is 17.4 Å². The lowest BCUT2D eigenvalue weighted by Crippen LogP contribution is -2.51. The first-order valence-corrected chi connectivity index (χ1v) is 15.2. The maximum Gasteiger partial charge on any atom is 0.416 e. The van der Waals surface area contributed by atoms with Crippen LogP contribution in [0.4, 0.5) is 18.9 Å². The smallest absolute Gasteiger partial charge is 0.354 e. The number of carbonyl (C=O) groups excluding carboxylic acids is 2. The van der Waals surface area contributed by atoms with Gasteiger partial charge in [-0.05, 0) is 55.8 Å². The van der Waals surface area contributed by atoms with Gasteiger partial charge >= 0.3 is 6.18 Å². The van der Waals surface area contributed by atoms with Crippen molar-refractivity contribution in [2.24, 2.45) is 0 Å². The first-order valence-electron chi connectivity index (χ1n) is 12.6. The molecule has 0 bridgehead atoms. The lowest BCUT2D eigenvalue weighted by atomic mass is 10.1. The molecule has 3 aromatic carbocycles. The maximum absolute atomic E-state index is 13.9. The van der Waals surface area contributed by atoms with Gasteiger partial charge in [0.05, 0.1) is 21.2 Å². The number of nitrogens with one attached hydrogen (secondary N) is 1. The van der Waals surface area contributed by atoms with Gasteiger partial charge in [0.25, 0.3) is 10.0 Å². The molecule has 7 nitrogen and oxygen atoms in total. The van der Waals surface area contributed by atoms with Crippen molar-refractivity contribution in [3.8, 4) is 0 Å². The molecule has 3 aromatic rings. The molecule has 14 heteroatoms. The number of carbonyl (C=O) groups is 2. The van der Waals surface area contributed by atoms with Crippen molar-refractivity contribution in [3.05, 3.63) is 92.9 Å². The second-order valence-electron chi connectivity index (χ2n) is 9.18. The molecular weight excluding hydrogens is 638 g/mol. The molecule has 3 rings (SSSR count). The molecule has 0 unspecified atom stereocenters. The summed E-state index contributed by atoms with van der Waals surface area (Å²) in [6, 6.07) is 12.5. The number of amides is 2. The first kappa shape index (κ1) is 33.5. The summed E-state index contributed by atoms with van der Waals surface area (Å²) in [5.41, 5.74) is -1.45. The highest BCUT2D eigenvalue weighted by atomic mass is 35.5. The molecule has 0 saturated heterocycles. The number of alkyl halides is 3. The maximum atomic E-state index is 13.9. The van der Waals surface area contributed by atoms with E-state index in [0.29, 0.717) is 35.0 Å². The summed E-state index contributed by atoms with van der Waals surface area (Å²) < 4.78 is 69.0. The van der Waals surface area contributed by atoms with E-state index in [-0.39, 0.29) is 26.5 Å². The number of rotatable bonds is 11. The highest BCUT2D eigenvalue weighted by Gasteiger charge is 2.36. The summed E-state index contributed by atoms with van der Waals surface area (Å²) in [4.78, 5) is 27.6. The van der Waals surface area contributed by atoms with Gasteiger partial charge in [-0.3, -0.25) is 13.9 Å². The van der Waals surface area contributed by atoms with Crippen molar-refractivity contribution in [3.63, 3.8) is 0 Å². The van der Waals surface area contributed by atoms with Gasteiger partial charge in [-0.15, -0.1) is 0 Å². The standard InChI is InChI=1S/C28H27Cl3F3N3O4S/c1-3-14-35-27(39)18(2)36(16-21-22(29)10-7-11-23(21)30)26(38)17-37(42(40,41)20-8-5-4-6-9-20)25-15-19(28(32,33)34)12-13-24(25)31/h4-13,15,18H,3,14,16-17H2,1-2H3,(H,35,39)/t18-/m1/s1. The van der Waals surface area contributed by atoms with Crippen molar-refractivity contribution in [1.82, 2.24) is 10.2 Å². The molecule has 226 valence electrons. The zero-order chi connectivity index (χ0) is 31.2. The van der Waals surface area contributed by atoms with Gasteiger partial charge in [0.1, 0.15) is 12.6 Å². The van der Waals surface area contributed by atoms with E-state index in [1.165, 1.54) is 43.3 Å². The van der Waals surface area contributed by atoms with Crippen molar-refractivity contribution >= 4 is 62.3 Å². The molecule has 0 aliphatic heterocycles. The van der Waals surface area contributed by atoms with E-state index >= 15 is 0 Å². The summed E-state index contributed by atoms with van der Waals surface area (Å²) in [6.45, 7) is 2.29. The van der Waals surface area contributed by atoms with Gasteiger partial charge in [0.15, 0.2) is 0 Å². The number of hydrogen-bond acceptors (Lipinski definition) is 4. The molecule has 1 atom stereocenters. The van der Waals surface area contributed by atoms with E-state index in [2.05, 4.69) is 5.32 Å². The van der Waals surface area contributed by atoms with Gasteiger partial charge in [-0.2, -0.15) is 13.2 Å². The zero-order valence-corrected chi connectivity index (χ0v) is 25.5. The third kappa shape index (κ3) is 7.89. The quantitative estimate of drug-likeness (QED) is 0.244. The minimum Gasteiger partial charge on any atom is -0.354 e. The Morgan fingerprint density at radius 1 is 0.929 bits per heavy atom. The van der Waals surface area contributed by atoms with E-state index in [1.54, 1.807) is 12.1 Å². The lowest BCUT2D eigenvalue weighted by molar-refractivity contribution is -0.139. The van der Waals surface area contributed by atoms with Crippen LogP contribution in [0.5, 0.6) is 0 Å². The number of benzene rings is 3. The van der Waals surface area contributed by atoms with Crippen LogP contribution in [-0.2, 0) is 32.3 Å². The number of anilines is 1. The monoisotopic (exact) mass is 663 g/mol. The predicted octanol–water partition coefficient (Wildman–Crippen LogP) is 6.80. The molecule has 0 radical (unpaired) electrons. The van der Waals surface area contributed by atoms with E-state index in [9.17, 15) is 31.2 Å². The number of nitrogens with zero attached hydrogens (tertiary/aromatic N) is 2. The molecule has 0 aliphatic carbocycles. The molecule has 0 aliphatic rings. The molecule has 0 aromatic heterocycles. The normalized spacial score (nSPS) is 12.5. The summed E-state index contributed by atoms with van der Waals surface area (Å²) in [5.74, 6) is -1.46. The number of hydrogen-bond donors (Lipinski definition) is 1. The Labute approximate surface area is 257 Å². The molecule has 42 heavy (non-hydrogen) atoms. The largest absolute Gasteiger partial charge is 0.416 e. The van der Waals surface area contributed by atoms with Gasteiger partial charge in [0, 0.05) is 28.7 Å². The molecule has 0 spiro atoms. The summed E-state index contributed by atoms with van der Waals surface area (Å²) in [7, 11) is -4.64. The fraction of sp³-hybridized carbons (Fsp3) is 0.286. The van der Waals surface area contributed by atoms with Gasteiger partial charge in [-0.1, -0.05) is 66.0 Å². The van der Waals surface area contributed by atoms with Crippen LogP contribution in [0.2, 0.25) is 15.1 Å². The molecule has 2 amide bonds.